The summed E-state index contributed by atoms with van der Waals surface area (Å²) in [6.45, 7) is 0.871. The molecule has 0 N–H and O–H groups in total. The summed E-state index contributed by atoms with van der Waals surface area (Å²) >= 11 is 5.85. The van der Waals surface area contributed by atoms with E-state index in [9.17, 15) is 4.39 Å². The third-order valence-electron chi connectivity index (χ3n) is 3.01. The number of benzene rings is 2. The fourth-order valence-electron chi connectivity index (χ4n) is 1.97. The second-order valence-corrected chi connectivity index (χ2v) is 4.89. The molecule has 1 aliphatic heterocycles. The van der Waals surface area contributed by atoms with Gasteiger partial charge in [-0.15, -0.1) is 0 Å². The first-order valence-electron chi connectivity index (χ1n) is 6.15. The molecule has 0 radical (unpaired) electrons. The molecular formula is C14H12ClFN4. The molecule has 0 fully saturated rings. The van der Waals surface area contributed by atoms with Crippen LogP contribution in [0, 0.1) is 5.82 Å². The zero-order valence-electron chi connectivity index (χ0n) is 10.6. The van der Waals surface area contributed by atoms with E-state index < -0.39 is 0 Å². The summed E-state index contributed by atoms with van der Waals surface area (Å²) in [5, 5.41) is 12.2. The van der Waals surface area contributed by atoms with Gasteiger partial charge in [0.25, 0.3) is 0 Å². The maximum atomic E-state index is 13.6. The molecule has 1 aliphatic rings. The van der Waals surface area contributed by atoms with Crippen molar-refractivity contribution in [2.45, 2.75) is 6.54 Å². The van der Waals surface area contributed by atoms with Crippen LogP contribution in [0.4, 0.5) is 10.1 Å². The van der Waals surface area contributed by atoms with Crippen LogP contribution in [-0.2, 0) is 6.54 Å². The molecule has 0 aromatic heterocycles. The zero-order valence-corrected chi connectivity index (χ0v) is 11.3. The molecule has 20 heavy (non-hydrogen) atoms. The molecule has 0 atom stereocenters. The molecule has 0 saturated carbocycles. The second-order valence-electron chi connectivity index (χ2n) is 4.45. The van der Waals surface area contributed by atoms with Gasteiger partial charge in [0.05, 0.1) is 12.2 Å². The van der Waals surface area contributed by atoms with E-state index in [0.717, 1.165) is 5.69 Å². The molecule has 3 rings (SSSR count). The maximum absolute atomic E-state index is 13.6. The van der Waals surface area contributed by atoms with Crippen molar-refractivity contribution in [1.29, 1.82) is 0 Å². The average molecular weight is 291 g/mol. The highest BCUT2D eigenvalue weighted by Crippen LogP contribution is 2.23. The van der Waals surface area contributed by atoms with Crippen LogP contribution in [0.5, 0.6) is 0 Å². The molecule has 0 saturated heterocycles. The number of hydrogen-bond donors (Lipinski definition) is 0. The summed E-state index contributed by atoms with van der Waals surface area (Å²) in [4.78, 5) is 0. The number of halogens is 2. The van der Waals surface area contributed by atoms with Gasteiger partial charge in [-0.1, -0.05) is 35.0 Å². The first-order valence-corrected chi connectivity index (χ1v) is 6.53. The van der Waals surface area contributed by atoms with E-state index in [1.54, 1.807) is 34.3 Å². The molecule has 2 aromatic carbocycles. The number of nitrogens with zero attached hydrogens (tertiary/aromatic N) is 4. The lowest BCUT2D eigenvalue weighted by Crippen LogP contribution is -2.24. The van der Waals surface area contributed by atoms with Crippen molar-refractivity contribution in [1.82, 2.24) is 5.01 Å². The van der Waals surface area contributed by atoms with Crippen LogP contribution >= 0.6 is 11.6 Å². The maximum Gasteiger partial charge on any atom is 0.132 e. The number of anilines is 1. The van der Waals surface area contributed by atoms with Crippen LogP contribution in [0.25, 0.3) is 0 Å². The summed E-state index contributed by atoms with van der Waals surface area (Å²) in [6, 6.07) is 14.0. The van der Waals surface area contributed by atoms with Crippen LogP contribution < -0.4 is 5.01 Å². The van der Waals surface area contributed by atoms with Crippen LogP contribution in [-0.4, -0.2) is 11.7 Å². The third-order valence-corrected chi connectivity index (χ3v) is 3.26. The Morgan fingerprint density at radius 1 is 1.05 bits per heavy atom. The fourth-order valence-corrected chi connectivity index (χ4v) is 2.09. The molecule has 1 heterocycles. The smallest absolute Gasteiger partial charge is 0.132 e. The molecule has 0 bridgehead atoms. The number of rotatable bonds is 3. The first kappa shape index (κ1) is 12.9. The third kappa shape index (κ3) is 2.72. The summed E-state index contributed by atoms with van der Waals surface area (Å²) in [5.74, 6) is -0.229. The van der Waals surface area contributed by atoms with Gasteiger partial charge in [0.1, 0.15) is 12.5 Å². The van der Waals surface area contributed by atoms with Crippen LogP contribution in [0.3, 0.4) is 0 Å². The molecule has 4 nitrogen and oxygen atoms in total. The van der Waals surface area contributed by atoms with Gasteiger partial charge in [0.15, 0.2) is 0 Å². The largest absolute Gasteiger partial charge is 0.251 e. The van der Waals surface area contributed by atoms with Crippen molar-refractivity contribution in [2.75, 3.05) is 11.7 Å². The molecule has 6 heteroatoms. The van der Waals surface area contributed by atoms with Gasteiger partial charge < -0.3 is 0 Å². The van der Waals surface area contributed by atoms with E-state index in [1.165, 1.54) is 6.07 Å². The summed E-state index contributed by atoms with van der Waals surface area (Å²) < 4.78 is 13.6. The highest BCUT2D eigenvalue weighted by Gasteiger charge is 2.18. The van der Waals surface area contributed by atoms with Crippen molar-refractivity contribution in [3.63, 3.8) is 0 Å². The van der Waals surface area contributed by atoms with Crippen molar-refractivity contribution < 1.29 is 4.39 Å². The Bertz CT molecular complexity index is 629. The van der Waals surface area contributed by atoms with Crippen molar-refractivity contribution in [3.05, 3.63) is 64.9 Å². The van der Waals surface area contributed by atoms with Crippen LogP contribution in [0.1, 0.15) is 5.56 Å². The van der Waals surface area contributed by atoms with Crippen molar-refractivity contribution in [2.24, 2.45) is 10.4 Å². The van der Waals surface area contributed by atoms with Crippen molar-refractivity contribution in [3.8, 4) is 0 Å². The molecule has 0 amide bonds. The normalized spacial score (nSPS) is 14.1. The van der Waals surface area contributed by atoms with E-state index in [0.29, 0.717) is 23.8 Å². The Hall–Kier alpha value is -2.14. The topological polar surface area (TPSA) is 31.2 Å². The van der Waals surface area contributed by atoms with Gasteiger partial charge in [-0.2, -0.15) is 0 Å². The van der Waals surface area contributed by atoms with Crippen LogP contribution in [0.2, 0.25) is 5.02 Å². The van der Waals surface area contributed by atoms with Gasteiger partial charge in [0, 0.05) is 10.6 Å². The molecule has 0 unspecified atom stereocenters. The highest BCUT2D eigenvalue weighted by molar-refractivity contribution is 6.30. The Morgan fingerprint density at radius 3 is 2.55 bits per heavy atom. The standard InChI is InChI=1S/C14H12ClFN4/c15-12-5-7-13(8-6-12)20-10-19(17-18-20)9-11-3-1-2-4-14(11)16/h1-8H,9-10H2. The number of hydrogen-bond acceptors (Lipinski definition) is 4. The minimum Gasteiger partial charge on any atom is -0.251 e. The Labute approximate surface area is 121 Å². The van der Waals surface area contributed by atoms with E-state index in [-0.39, 0.29) is 5.82 Å². The minimum atomic E-state index is -0.229. The summed E-state index contributed by atoms with van der Waals surface area (Å²) in [7, 11) is 0. The lowest BCUT2D eigenvalue weighted by atomic mass is 10.2. The molecule has 2 aromatic rings. The van der Waals surface area contributed by atoms with E-state index in [1.807, 2.05) is 18.2 Å². The monoisotopic (exact) mass is 290 g/mol. The molecule has 0 aliphatic carbocycles. The van der Waals surface area contributed by atoms with Gasteiger partial charge in [-0.3, -0.25) is 5.01 Å². The van der Waals surface area contributed by atoms with E-state index in [2.05, 4.69) is 10.4 Å². The van der Waals surface area contributed by atoms with Gasteiger partial charge >= 0.3 is 0 Å². The zero-order chi connectivity index (χ0) is 13.9. The highest BCUT2D eigenvalue weighted by atomic mass is 35.5. The Kier molecular flexibility index (Phi) is 3.52. The Balaban J connectivity index is 1.67. The molecular weight excluding hydrogens is 279 g/mol. The average Bonchev–Trinajstić information content (AvgIpc) is 2.91. The minimum absolute atomic E-state index is 0.229. The molecule has 102 valence electrons. The predicted molar refractivity (Wildman–Crippen MR) is 75.6 cm³/mol. The lowest BCUT2D eigenvalue weighted by molar-refractivity contribution is 0.302. The van der Waals surface area contributed by atoms with Gasteiger partial charge in [-0.05, 0) is 35.6 Å². The quantitative estimate of drug-likeness (QED) is 0.854. The summed E-state index contributed by atoms with van der Waals surface area (Å²) in [5.41, 5.74) is 1.50. The van der Waals surface area contributed by atoms with Crippen LogP contribution in [0.15, 0.2) is 59.0 Å². The van der Waals surface area contributed by atoms with E-state index >= 15 is 0 Å². The predicted octanol–water partition coefficient (Wildman–Crippen LogP) is 4.04. The summed E-state index contributed by atoms with van der Waals surface area (Å²) in [6.07, 6.45) is 0. The fraction of sp³-hybridized carbons (Fsp3) is 0.143. The van der Waals surface area contributed by atoms with Gasteiger partial charge in [0.2, 0.25) is 0 Å². The SMILES string of the molecule is Fc1ccccc1CN1CN(c2ccc(Cl)cc2)N=N1. The second kappa shape index (κ2) is 5.46. The Morgan fingerprint density at radius 2 is 1.80 bits per heavy atom. The molecule has 0 spiro atoms. The lowest BCUT2D eigenvalue weighted by Gasteiger charge is -2.16. The van der Waals surface area contributed by atoms with Crippen molar-refractivity contribution >= 4 is 17.3 Å². The van der Waals surface area contributed by atoms with Gasteiger partial charge in [-0.25, -0.2) is 9.40 Å². The van der Waals surface area contributed by atoms with E-state index in [4.69, 9.17) is 11.6 Å². The first-order chi connectivity index (χ1) is 9.72.